The highest BCUT2D eigenvalue weighted by Gasteiger charge is 2.13. The molecule has 0 atom stereocenters. The second-order valence-electron chi connectivity index (χ2n) is 2.09. The summed E-state index contributed by atoms with van der Waals surface area (Å²) in [5, 5.41) is 10.6. The lowest BCUT2D eigenvalue weighted by molar-refractivity contribution is -0.135. The van der Waals surface area contributed by atoms with Crippen molar-refractivity contribution < 1.29 is 14.3 Å². The maximum atomic E-state index is 10.9. The molecule has 0 aromatic heterocycles. The van der Waals surface area contributed by atoms with Gasteiger partial charge in [-0.25, -0.2) is 9.59 Å². The second kappa shape index (κ2) is 4.77. The van der Waals surface area contributed by atoms with Gasteiger partial charge in [-0.15, -0.1) is 0 Å². The number of allylic oxidation sites excluding steroid dienone is 1. The molecular formula is C7H9N3O3. The van der Waals surface area contributed by atoms with Crippen LogP contribution in [0.4, 0.5) is 4.79 Å². The highest BCUT2D eigenvalue weighted by Crippen LogP contribution is 2.01. The van der Waals surface area contributed by atoms with Gasteiger partial charge in [-0.2, -0.15) is 5.26 Å². The molecule has 6 nitrogen and oxygen atoms in total. The molecule has 0 saturated heterocycles. The molecule has 13 heavy (non-hydrogen) atoms. The number of hydrogen-bond donors (Lipinski definition) is 2. The Morgan fingerprint density at radius 1 is 1.54 bits per heavy atom. The van der Waals surface area contributed by atoms with E-state index in [1.165, 1.54) is 6.92 Å². The standard InChI is InChI=1S/C7H9N3O3/c1-4(10-7(9)12)5(3-8)6(11)13-2/h1-2H3,(H3,9,10,12)/b5-4-. The number of primary amides is 1. The smallest absolute Gasteiger partial charge is 0.350 e. The molecule has 70 valence electrons. The summed E-state index contributed by atoms with van der Waals surface area (Å²) in [6.07, 6.45) is 0. The molecule has 0 aliphatic carbocycles. The first kappa shape index (κ1) is 11.0. The van der Waals surface area contributed by atoms with Gasteiger partial charge in [-0.3, -0.25) is 0 Å². The second-order valence-corrected chi connectivity index (χ2v) is 2.09. The third kappa shape index (κ3) is 3.25. The summed E-state index contributed by atoms with van der Waals surface area (Å²) in [7, 11) is 1.14. The van der Waals surface area contributed by atoms with E-state index in [2.05, 4.69) is 10.1 Å². The van der Waals surface area contributed by atoms with Crippen molar-refractivity contribution in [2.24, 2.45) is 5.73 Å². The van der Waals surface area contributed by atoms with Gasteiger partial charge in [-0.05, 0) is 6.92 Å². The number of methoxy groups -OCH3 is 1. The van der Waals surface area contributed by atoms with Crippen molar-refractivity contribution in [2.75, 3.05) is 7.11 Å². The topological polar surface area (TPSA) is 105 Å². The zero-order valence-corrected chi connectivity index (χ0v) is 7.25. The summed E-state index contributed by atoms with van der Waals surface area (Å²) in [4.78, 5) is 21.2. The number of carbonyl (C=O) groups is 2. The third-order valence-corrected chi connectivity index (χ3v) is 1.19. The Hall–Kier alpha value is -2.03. The minimum Gasteiger partial charge on any atom is -0.465 e. The number of hydrogen-bond acceptors (Lipinski definition) is 4. The molecule has 3 N–H and O–H groups in total. The number of amides is 2. The molecule has 0 aliphatic heterocycles. The number of nitrogens with zero attached hydrogens (tertiary/aromatic N) is 1. The van der Waals surface area contributed by atoms with E-state index in [1.807, 2.05) is 0 Å². The van der Waals surface area contributed by atoms with Crippen molar-refractivity contribution in [3.8, 4) is 6.07 Å². The van der Waals surface area contributed by atoms with Crippen LogP contribution in [0.1, 0.15) is 6.92 Å². The predicted octanol–water partition coefficient (Wildman–Crippen LogP) is -0.375. The van der Waals surface area contributed by atoms with E-state index >= 15 is 0 Å². The van der Waals surface area contributed by atoms with Gasteiger partial charge in [0.15, 0.2) is 5.57 Å². The van der Waals surface area contributed by atoms with Crippen LogP contribution in [0.25, 0.3) is 0 Å². The fraction of sp³-hybridized carbons (Fsp3) is 0.286. The van der Waals surface area contributed by atoms with E-state index < -0.39 is 12.0 Å². The van der Waals surface area contributed by atoms with Crippen LogP contribution in [-0.2, 0) is 9.53 Å². The summed E-state index contributed by atoms with van der Waals surface area (Å²) in [5.41, 5.74) is 4.58. The zero-order chi connectivity index (χ0) is 10.4. The molecule has 0 spiro atoms. The van der Waals surface area contributed by atoms with E-state index in [0.29, 0.717) is 0 Å². The normalized spacial score (nSPS) is 10.8. The van der Waals surface area contributed by atoms with Gasteiger partial charge in [0.1, 0.15) is 6.07 Å². The molecule has 2 amide bonds. The molecule has 0 unspecified atom stereocenters. The first-order chi connectivity index (χ1) is 6.02. The van der Waals surface area contributed by atoms with Gasteiger partial charge < -0.3 is 15.8 Å². The Morgan fingerprint density at radius 2 is 2.08 bits per heavy atom. The van der Waals surface area contributed by atoms with Crippen molar-refractivity contribution in [1.82, 2.24) is 5.32 Å². The van der Waals surface area contributed by atoms with Gasteiger partial charge in [0, 0.05) is 5.70 Å². The van der Waals surface area contributed by atoms with Gasteiger partial charge in [0.25, 0.3) is 0 Å². The summed E-state index contributed by atoms with van der Waals surface area (Å²) in [6.45, 7) is 1.38. The minimum absolute atomic E-state index is 0.0712. The molecule has 0 heterocycles. The maximum absolute atomic E-state index is 10.9. The third-order valence-electron chi connectivity index (χ3n) is 1.19. The van der Waals surface area contributed by atoms with Crippen molar-refractivity contribution in [1.29, 1.82) is 5.26 Å². The van der Waals surface area contributed by atoms with Gasteiger partial charge >= 0.3 is 12.0 Å². The molecule has 0 radical (unpaired) electrons. The van der Waals surface area contributed by atoms with E-state index in [9.17, 15) is 9.59 Å². The highest BCUT2D eigenvalue weighted by atomic mass is 16.5. The number of carbonyl (C=O) groups excluding carboxylic acids is 2. The fourth-order valence-electron chi connectivity index (χ4n) is 0.632. The van der Waals surface area contributed by atoms with E-state index in [1.54, 1.807) is 6.07 Å². The van der Waals surface area contributed by atoms with Gasteiger partial charge in [0.2, 0.25) is 0 Å². The number of urea groups is 1. The van der Waals surface area contributed by atoms with Crippen LogP contribution >= 0.6 is 0 Å². The van der Waals surface area contributed by atoms with Crippen LogP contribution < -0.4 is 11.1 Å². The van der Waals surface area contributed by atoms with Crippen LogP contribution in [0.3, 0.4) is 0 Å². The van der Waals surface area contributed by atoms with Crippen LogP contribution in [-0.4, -0.2) is 19.1 Å². The Morgan fingerprint density at radius 3 is 2.38 bits per heavy atom. The summed E-state index contributed by atoms with van der Waals surface area (Å²) >= 11 is 0. The van der Waals surface area contributed by atoms with Crippen LogP contribution in [0.5, 0.6) is 0 Å². The van der Waals surface area contributed by atoms with E-state index in [-0.39, 0.29) is 11.3 Å². The maximum Gasteiger partial charge on any atom is 0.350 e. The summed E-state index contributed by atoms with van der Waals surface area (Å²) in [6, 6.07) is 0.754. The molecule has 0 aliphatic rings. The monoisotopic (exact) mass is 183 g/mol. The van der Waals surface area contributed by atoms with E-state index in [4.69, 9.17) is 11.0 Å². The van der Waals surface area contributed by atoms with Crippen LogP contribution in [0, 0.1) is 11.3 Å². The SMILES string of the molecule is COC(=O)/C(C#N)=C(/C)NC(N)=O. The number of rotatable bonds is 2. The fourth-order valence-corrected chi connectivity index (χ4v) is 0.632. The molecule has 0 rings (SSSR count). The Kier molecular flexibility index (Phi) is 4.02. The quantitative estimate of drug-likeness (QED) is 0.346. The first-order valence-electron chi connectivity index (χ1n) is 3.28. The van der Waals surface area contributed by atoms with Gasteiger partial charge in [-0.1, -0.05) is 0 Å². The van der Waals surface area contributed by atoms with Crippen molar-refractivity contribution in [2.45, 2.75) is 6.92 Å². The van der Waals surface area contributed by atoms with Crippen LogP contribution in [0.2, 0.25) is 0 Å². The molecule has 0 aromatic rings. The van der Waals surface area contributed by atoms with Crippen molar-refractivity contribution >= 4 is 12.0 Å². The number of nitrogens with one attached hydrogen (secondary N) is 1. The Labute approximate surface area is 75.0 Å². The average Bonchev–Trinajstić information content (AvgIpc) is 2.03. The first-order valence-corrected chi connectivity index (χ1v) is 3.28. The van der Waals surface area contributed by atoms with Crippen molar-refractivity contribution in [3.05, 3.63) is 11.3 Å². The number of nitrogens with two attached hydrogens (primary N) is 1. The lowest BCUT2D eigenvalue weighted by Crippen LogP contribution is -2.29. The Balaban J connectivity index is 4.82. The largest absolute Gasteiger partial charge is 0.465 e. The lowest BCUT2D eigenvalue weighted by atomic mass is 10.2. The Bertz CT molecular complexity index is 301. The molecule has 0 fully saturated rings. The summed E-state index contributed by atoms with van der Waals surface area (Å²) in [5.74, 6) is -0.811. The summed E-state index contributed by atoms with van der Waals surface area (Å²) < 4.78 is 4.29. The van der Waals surface area contributed by atoms with Crippen molar-refractivity contribution in [3.63, 3.8) is 0 Å². The lowest BCUT2D eigenvalue weighted by Gasteiger charge is -2.03. The van der Waals surface area contributed by atoms with Gasteiger partial charge in [0.05, 0.1) is 7.11 Å². The predicted molar refractivity (Wildman–Crippen MR) is 43.0 cm³/mol. The van der Waals surface area contributed by atoms with E-state index in [0.717, 1.165) is 7.11 Å². The minimum atomic E-state index is -0.839. The average molecular weight is 183 g/mol. The zero-order valence-electron chi connectivity index (χ0n) is 7.25. The number of ether oxygens (including phenoxy) is 1. The molecule has 0 saturated carbocycles. The van der Waals surface area contributed by atoms with Crippen LogP contribution in [0.15, 0.2) is 11.3 Å². The number of nitriles is 1. The number of esters is 1. The molecule has 0 aromatic carbocycles. The molecule has 6 heteroatoms. The molecular weight excluding hydrogens is 174 g/mol. The molecule has 0 bridgehead atoms. The highest BCUT2D eigenvalue weighted by molar-refractivity contribution is 5.94.